The van der Waals surface area contributed by atoms with Gasteiger partial charge in [-0.05, 0) is 13.0 Å². The summed E-state index contributed by atoms with van der Waals surface area (Å²) in [5.74, 6) is 0.137. The zero-order chi connectivity index (χ0) is 15.1. The highest BCUT2D eigenvalue weighted by Gasteiger charge is 2.39. The minimum atomic E-state index is 0.0297. The van der Waals surface area contributed by atoms with Gasteiger partial charge in [0.05, 0.1) is 0 Å². The summed E-state index contributed by atoms with van der Waals surface area (Å²) in [6, 6.07) is 7.96. The van der Waals surface area contributed by atoms with Crippen LogP contribution in [0.2, 0.25) is 0 Å². The second-order valence-corrected chi connectivity index (χ2v) is 5.77. The summed E-state index contributed by atoms with van der Waals surface area (Å²) in [6.45, 7) is 4.45. The number of amides is 1. The van der Waals surface area contributed by atoms with E-state index >= 15 is 0 Å². The molecule has 5 nitrogen and oxygen atoms in total. The Kier molecular flexibility index (Phi) is 3.15. The Morgan fingerprint density at radius 3 is 3.05 bits per heavy atom. The van der Waals surface area contributed by atoms with Crippen LogP contribution in [-0.4, -0.2) is 38.8 Å². The Morgan fingerprint density at radius 1 is 1.32 bits per heavy atom. The molecule has 4 rings (SSSR count). The Balaban J connectivity index is 1.72. The van der Waals surface area contributed by atoms with E-state index in [2.05, 4.69) is 20.9 Å². The van der Waals surface area contributed by atoms with Crippen LogP contribution in [0.1, 0.15) is 40.3 Å². The third kappa shape index (κ3) is 1.93. The van der Waals surface area contributed by atoms with E-state index in [0.29, 0.717) is 6.54 Å². The molecule has 112 valence electrons. The van der Waals surface area contributed by atoms with Gasteiger partial charge in [-0.25, -0.2) is 9.97 Å². The third-order valence-electron chi connectivity index (χ3n) is 4.60. The van der Waals surface area contributed by atoms with Crippen molar-refractivity contribution >= 4 is 5.91 Å². The molecule has 2 aliphatic heterocycles. The highest BCUT2D eigenvalue weighted by molar-refractivity contribution is 5.99. The van der Waals surface area contributed by atoms with E-state index in [-0.39, 0.29) is 12.1 Å². The van der Waals surface area contributed by atoms with Crippen LogP contribution in [0, 0.1) is 0 Å². The van der Waals surface area contributed by atoms with Gasteiger partial charge in [0.15, 0.2) is 0 Å². The molecule has 5 heteroatoms. The van der Waals surface area contributed by atoms with Crippen molar-refractivity contribution in [2.24, 2.45) is 0 Å². The molecule has 1 atom stereocenters. The van der Waals surface area contributed by atoms with Crippen molar-refractivity contribution in [1.29, 1.82) is 0 Å². The van der Waals surface area contributed by atoms with Gasteiger partial charge in [0.25, 0.3) is 5.91 Å². The molecule has 0 saturated carbocycles. The number of fused-ring (bicyclic) bond motifs is 2. The van der Waals surface area contributed by atoms with Crippen LogP contribution in [0.15, 0.2) is 36.8 Å². The predicted octanol–water partition coefficient (Wildman–Crippen LogP) is 2.01. The number of carbonyl (C=O) groups excluding carboxylic acids is 1. The average Bonchev–Trinajstić information content (AvgIpc) is 2.87. The molecule has 1 aromatic heterocycles. The maximum absolute atomic E-state index is 12.6. The second-order valence-electron chi connectivity index (χ2n) is 5.77. The lowest BCUT2D eigenvalue weighted by molar-refractivity contribution is 0.0360. The standard InChI is InChI=1S/C17H18N4O/c1-2-21-16(13-5-3-4-6-14(13)17(21)22)20-8-7-15-12(10-20)9-18-11-19-15/h3-6,9,11,16H,2,7-8,10H2,1H3. The molecular formula is C17H18N4O. The van der Waals surface area contributed by atoms with Crippen LogP contribution >= 0.6 is 0 Å². The Morgan fingerprint density at radius 2 is 2.18 bits per heavy atom. The van der Waals surface area contributed by atoms with Crippen LogP contribution in [0.5, 0.6) is 0 Å². The zero-order valence-corrected chi connectivity index (χ0v) is 12.6. The van der Waals surface area contributed by atoms with Crippen molar-refractivity contribution in [3.05, 3.63) is 59.2 Å². The van der Waals surface area contributed by atoms with Crippen molar-refractivity contribution < 1.29 is 4.79 Å². The monoisotopic (exact) mass is 294 g/mol. The van der Waals surface area contributed by atoms with Crippen molar-refractivity contribution in [1.82, 2.24) is 19.8 Å². The molecule has 0 radical (unpaired) electrons. The Hall–Kier alpha value is -2.27. The first-order valence-electron chi connectivity index (χ1n) is 7.71. The number of benzene rings is 1. The lowest BCUT2D eigenvalue weighted by Crippen LogP contribution is -2.42. The molecule has 1 unspecified atom stereocenters. The van der Waals surface area contributed by atoms with E-state index in [9.17, 15) is 4.79 Å². The second kappa shape index (κ2) is 5.18. The number of carbonyl (C=O) groups is 1. The van der Waals surface area contributed by atoms with Crippen LogP contribution < -0.4 is 0 Å². The summed E-state index contributed by atoms with van der Waals surface area (Å²) in [7, 11) is 0. The third-order valence-corrected chi connectivity index (χ3v) is 4.60. The fraction of sp³-hybridized carbons (Fsp3) is 0.353. The van der Waals surface area contributed by atoms with E-state index in [4.69, 9.17) is 0 Å². The summed E-state index contributed by atoms with van der Waals surface area (Å²) >= 11 is 0. The lowest BCUT2D eigenvalue weighted by atomic mass is 10.0. The molecule has 0 saturated heterocycles. The Labute approximate surface area is 129 Å². The zero-order valence-electron chi connectivity index (χ0n) is 12.6. The Bertz CT molecular complexity index is 730. The molecule has 0 fully saturated rings. The fourth-order valence-corrected chi connectivity index (χ4v) is 3.56. The maximum Gasteiger partial charge on any atom is 0.255 e. The van der Waals surface area contributed by atoms with Crippen molar-refractivity contribution in [2.75, 3.05) is 13.1 Å². The van der Waals surface area contributed by atoms with Gasteiger partial charge < -0.3 is 4.90 Å². The van der Waals surface area contributed by atoms with Gasteiger partial charge in [0.2, 0.25) is 0 Å². The molecule has 2 aromatic rings. The molecule has 2 aliphatic rings. The van der Waals surface area contributed by atoms with Crippen LogP contribution in [-0.2, 0) is 13.0 Å². The van der Waals surface area contributed by atoms with Gasteiger partial charge in [-0.3, -0.25) is 9.69 Å². The van der Waals surface area contributed by atoms with Crippen molar-refractivity contribution in [2.45, 2.75) is 26.1 Å². The van der Waals surface area contributed by atoms with Gasteiger partial charge in [0.1, 0.15) is 12.5 Å². The SMILES string of the molecule is CCN1C(=O)c2ccccc2C1N1CCc2ncncc2C1. The van der Waals surface area contributed by atoms with Crippen LogP contribution in [0.3, 0.4) is 0 Å². The van der Waals surface area contributed by atoms with Crippen molar-refractivity contribution in [3.63, 3.8) is 0 Å². The molecule has 0 spiro atoms. The quantitative estimate of drug-likeness (QED) is 0.850. The summed E-state index contributed by atoms with van der Waals surface area (Å²) in [5.41, 5.74) is 4.26. The number of rotatable bonds is 2. The molecular weight excluding hydrogens is 276 g/mol. The summed E-state index contributed by atoms with van der Waals surface area (Å²) in [6.07, 6.45) is 4.44. The summed E-state index contributed by atoms with van der Waals surface area (Å²) < 4.78 is 0. The van der Waals surface area contributed by atoms with Gasteiger partial charge in [-0.15, -0.1) is 0 Å². The first-order valence-corrected chi connectivity index (χ1v) is 7.71. The van der Waals surface area contributed by atoms with E-state index in [1.54, 1.807) is 6.33 Å². The normalized spacial score (nSPS) is 20.9. The largest absolute Gasteiger partial charge is 0.319 e. The van der Waals surface area contributed by atoms with Gasteiger partial charge in [-0.2, -0.15) is 0 Å². The molecule has 0 N–H and O–H groups in total. The highest BCUT2D eigenvalue weighted by Crippen LogP contribution is 2.37. The van der Waals surface area contributed by atoms with E-state index in [1.165, 1.54) is 5.56 Å². The molecule has 0 aliphatic carbocycles. The molecule has 0 bridgehead atoms. The highest BCUT2D eigenvalue weighted by atomic mass is 16.2. The van der Waals surface area contributed by atoms with Gasteiger partial charge in [0, 0.05) is 54.6 Å². The lowest BCUT2D eigenvalue weighted by Gasteiger charge is -2.37. The predicted molar refractivity (Wildman–Crippen MR) is 82.0 cm³/mol. The minimum Gasteiger partial charge on any atom is -0.319 e. The van der Waals surface area contributed by atoms with E-state index in [1.807, 2.05) is 36.2 Å². The molecule has 1 amide bonds. The summed E-state index contributed by atoms with van der Waals surface area (Å²) in [5, 5.41) is 0. The van der Waals surface area contributed by atoms with E-state index < -0.39 is 0 Å². The van der Waals surface area contributed by atoms with Gasteiger partial charge >= 0.3 is 0 Å². The van der Waals surface area contributed by atoms with Crippen molar-refractivity contribution in [3.8, 4) is 0 Å². The number of nitrogens with zero attached hydrogens (tertiary/aromatic N) is 4. The minimum absolute atomic E-state index is 0.0297. The summed E-state index contributed by atoms with van der Waals surface area (Å²) in [4.78, 5) is 25.4. The maximum atomic E-state index is 12.6. The fourth-order valence-electron chi connectivity index (χ4n) is 3.56. The van der Waals surface area contributed by atoms with E-state index in [0.717, 1.165) is 36.3 Å². The van der Waals surface area contributed by atoms with Crippen LogP contribution in [0.4, 0.5) is 0 Å². The number of hydrogen-bond donors (Lipinski definition) is 0. The first kappa shape index (κ1) is 13.4. The van der Waals surface area contributed by atoms with Gasteiger partial charge in [-0.1, -0.05) is 18.2 Å². The molecule has 22 heavy (non-hydrogen) atoms. The average molecular weight is 294 g/mol. The molecule has 3 heterocycles. The molecule has 1 aromatic carbocycles. The topological polar surface area (TPSA) is 49.3 Å². The smallest absolute Gasteiger partial charge is 0.255 e. The van der Waals surface area contributed by atoms with Crippen LogP contribution in [0.25, 0.3) is 0 Å². The number of hydrogen-bond acceptors (Lipinski definition) is 4. The first-order chi connectivity index (χ1) is 10.8. The number of aromatic nitrogens is 2.